The smallest absolute Gasteiger partial charge is 0.141 e. The Balaban J connectivity index is 1.57. The second-order valence-corrected chi connectivity index (χ2v) is 8.59. The highest BCUT2D eigenvalue weighted by molar-refractivity contribution is 6.02. The Morgan fingerprint density at radius 3 is 2.85 bits per heavy atom. The minimum absolute atomic E-state index is 0.0338. The van der Waals surface area contributed by atoms with Crippen LogP contribution in [0.25, 0.3) is 44.2 Å². The molecule has 5 aromatic rings. The van der Waals surface area contributed by atoms with Crippen LogP contribution in [0.2, 0.25) is 0 Å². The average Bonchev–Trinajstić information content (AvgIpc) is 3.60. The minimum atomic E-state index is -0.528. The minimum Gasteiger partial charge on any atom is -0.346 e. The highest BCUT2D eigenvalue weighted by Gasteiger charge is 2.20. The summed E-state index contributed by atoms with van der Waals surface area (Å²) in [5.74, 6) is 0.0549. The first-order valence-corrected chi connectivity index (χ1v) is 11.0. The average molecular weight is 436 g/mol. The first kappa shape index (κ1) is 19.6. The first-order valence-electron chi connectivity index (χ1n) is 11.0. The molecule has 0 saturated carbocycles. The molecule has 2 aromatic carbocycles. The van der Waals surface area contributed by atoms with Crippen LogP contribution in [0.5, 0.6) is 0 Å². The number of benzene rings is 2. The monoisotopic (exact) mass is 436 g/mol. The normalized spacial score (nSPS) is 15.9. The predicted molar refractivity (Wildman–Crippen MR) is 126 cm³/mol. The van der Waals surface area contributed by atoms with Gasteiger partial charge in [-0.3, -0.25) is 10.1 Å². The van der Waals surface area contributed by atoms with Gasteiger partial charge in [-0.05, 0) is 61.3 Å². The molecule has 33 heavy (non-hydrogen) atoms. The lowest BCUT2D eigenvalue weighted by molar-refractivity contribution is 0.491. The number of fused-ring (bicyclic) bond motifs is 2. The fourth-order valence-corrected chi connectivity index (χ4v) is 4.83. The Labute approximate surface area is 189 Å². The van der Waals surface area contributed by atoms with Crippen molar-refractivity contribution >= 4 is 21.8 Å². The van der Waals surface area contributed by atoms with Crippen molar-refractivity contribution in [3.05, 3.63) is 72.4 Å². The number of nitrogens with zero attached hydrogens (tertiary/aromatic N) is 4. The third-order valence-corrected chi connectivity index (χ3v) is 6.54. The van der Waals surface area contributed by atoms with E-state index in [2.05, 4.69) is 32.3 Å². The van der Waals surface area contributed by atoms with E-state index in [0.717, 1.165) is 64.7 Å². The highest BCUT2D eigenvalue weighted by Crippen LogP contribution is 2.38. The van der Waals surface area contributed by atoms with Crippen molar-refractivity contribution in [2.45, 2.75) is 13.0 Å². The van der Waals surface area contributed by atoms with Crippen molar-refractivity contribution in [1.29, 1.82) is 5.26 Å². The lowest BCUT2D eigenvalue weighted by Crippen LogP contribution is -2.14. The number of rotatable bonds is 4. The molecule has 0 bridgehead atoms. The van der Waals surface area contributed by atoms with Crippen molar-refractivity contribution in [2.75, 3.05) is 13.1 Å². The molecule has 0 spiro atoms. The summed E-state index contributed by atoms with van der Waals surface area (Å²) < 4.78 is 16.9. The second-order valence-electron chi connectivity index (χ2n) is 8.59. The number of nitriles is 1. The zero-order valence-electron chi connectivity index (χ0n) is 17.8. The van der Waals surface area contributed by atoms with E-state index in [1.807, 2.05) is 30.5 Å². The van der Waals surface area contributed by atoms with E-state index < -0.39 is 5.82 Å². The van der Waals surface area contributed by atoms with Gasteiger partial charge in [0.2, 0.25) is 0 Å². The summed E-state index contributed by atoms with van der Waals surface area (Å²) in [5.41, 5.74) is 5.27. The molecule has 3 aromatic heterocycles. The quantitative estimate of drug-likeness (QED) is 0.421. The Kier molecular flexibility index (Phi) is 4.67. The third-order valence-electron chi connectivity index (χ3n) is 6.54. The lowest BCUT2D eigenvalue weighted by Gasteiger charge is -2.14. The Morgan fingerprint density at radius 2 is 2.03 bits per heavy atom. The van der Waals surface area contributed by atoms with Crippen LogP contribution in [-0.2, 0) is 6.54 Å². The predicted octanol–water partition coefficient (Wildman–Crippen LogP) is 4.87. The Bertz CT molecular complexity index is 1530. The Hall–Kier alpha value is -4.02. The van der Waals surface area contributed by atoms with Crippen LogP contribution in [0.3, 0.4) is 0 Å². The summed E-state index contributed by atoms with van der Waals surface area (Å²) in [6.45, 7) is 2.99. The number of aromatic nitrogens is 4. The second kappa shape index (κ2) is 7.84. The van der Waals surface area contributed by atoms with Crippen LogP contribution in [-0.4, -0.2) is 32.8 Å². The molecule has 4 heterocycles. The molecule has 1 unspecified atom stereocenters. The molecule has 1 aliphatic heterocycles. The van der Waals surface area contributed by atoms with Gasteiger partial charge in [0.25, 0.3) is 0 Å². The van der Waals surface area contributed by atoms with E-state index in [1.165, 1.54) is 12.1 Å². The molecule has 1 atom stereocenters. The van der Waals surface area contributed by atoms with Crippen molar-refractivity contribution < 1.29 is 4.39 Å². The van der Waals surface area contributed by atoms with Gasteiger partial charge in [0.1, 0.15) is 11.9 Å². The van der Waals surface area contributed by atoms with Crippen LogP contribution in [0, 0.1) is 23.1 Å². The van der Waals surface area contributed by atoms with Gasteiger partial charge in [-0.1, -0.05) is 12.1 Å². The number of H-pyrrole nitrogens is 1. The molecule has 1 aliphatic rings. The van der Waals surface area contributed by atoms with Gasteiger partial charge in [0.05, 0.1) is 34.7 Å². The molecular formula is C26H21FN6. The lowest BCUT2D eigenvalue weighted by atomic mass is 9.95. The number of nitrogens with one attached hydrogen (secondary N) is 2. The van der Waals surface area contributed by atoms with Crippen molar-refractivity contribution in [3.8, 4) is 28.5 Å². The molecule has 0 amide bonds. The summed E-state index contributed by atoms with van der Waals surface area (Å²) in [6, 6.07) is 14.8. The van der Waals surface area contributed by atoms with Crippen LogP contribution in [0.1, 0.15) is 12.0 Å². The van der Waals surface area contributed by atoms with Crippen LogP contribution in [0.15, 0.2) is 61.1 Å². The van der Waals surface area contributed by atoms with E-state index in [4.69, 9.17) is 4.98 Å². The number of hydrogen-bond acceptors (Lipinski definition) is 4. The van der Waals surface area contributed by atoms with Crippen LogP contribution < -0.4 is 5.32 Å². The molecule has 1 saturated heterocycles. The zero-order chi connectivity index (χ0) is 22.4. The van der Waals surface area contributed by atoms with E-state index in [-0.39, 0.29) is 5.56 Å². The van der Waals surface area contributed by atoms with Gasteiger partial charge in [-0.25, -0.2) is 4.39 Å². The van der Waals surface area contributed by atoms with Gasteiger partial charge in [-0.2, -0.15) is 10.4 Å². The first-order chi connectivity index (χ1) is 16.2. The molecule has 1 fully saturated rings. The molecule has 6 rings (SSSR count). The molecular weight excluding hydrogens is 415 g/mol. The summed E-state index contributed by atoms with van der Waals surface area (Å²) in [5, 5.41) is 21.7. The maximum atomic E-state index is 14.6. The van der Waals surface area contributed by atoms with Gasteiger partial charge in [0, 0.05) is 34.6 Å². The third kappa shape index (κ3) is 3.36. The summed E-state index contributed by atoms with van der Waals surface area (Å²) in [7, 11) is 0. The van der Waals surface area contributed by atoms with Gasteiger partial charge in [-0.15, -0.1) is 0 Å². The van der Waals surface area contributed by atoms with E-state index in [1.54, 1.807) is 12.3 Å². The summed E-state index contributed by atoms with van der Waals surface area (Å²) >= 11 is 0. The maximum absolute atomic E-state index is 14.6. The molecule has 0 aliphatic carbocycles. The van der Waals surface area contributed by atoms with Crippen LogP contribution in [0.4, 0.5) is 4.39 Å². The van der Waals surface area contributed by atoms with Gasteiger partial charge < -0.3 is 9.88 Å². The number of hydrogen-bond donors (Lipinski definition) is 2. The SMILES string of the molecule is N#Cc1ccc(-c2c(-c3ccc4[nH]ncc4c3)ncc3c2ccn3CC2CCNC2)cc1F. The van der Waals surface area contributed by atoms with E-state index in [0.29, 0.717) is 11.5 Å². The number of aromatic amines is 1. The molecule has 2 N–H and O–H groups in total. The topological polar surface area (TPSA) is 82.3 Å². The standard InChI is InChI=1S/C26H21FN6/c27-22-10-17(1-2-19(22)11-28)25-21-6-8-33(15-16-5-7-29-12-16)24(21)14-30-26(25)18-3-4-23-20(9-18)13-31-32-23/h1-4,6,8-10,13-14,16,29H,5,7,12,15H2,(H,31,32). The van der Waals surface area contributed by atoms with E-state index in [9.17, 15) is 9.65 Å². The molecule has 162 valence electrons. The molecule has 7 heteroatoms. The Morgan fingerprint density at radius 1 is 1.12 bits per heavy atom. The van der Waals surface area contributed by atoms with Gasteiger partial charge in [0.15, 0.2) is 0 Å². The fourth-order valence-electron chi connectivity index (χ4n) is 4.83. The number of halogens is 1. The van der Waals surface area contributed by atoms with E-state index >= 15 is 0 Å². The summed E-state index contributed by atoms with van der Waals surface area (Å²) in [6.07, 6.45) is 6.95. The van der Waals surface area contributed by atoms with Crippen molar-refractivity contribution in [2.24, 2.45) is 5.92 Å². The fraction of sp³-hybridized carbons (Fsp3) is 0.192. The van der Waals surface area contributed by atoms with Gasteiger partial charge >= 0.3 is 0 Å². The number of pyridine rings is 1. The van der Waals surface area contributed by atoms with Crippen LogP contribution >= 0.6 is 0 Å². The molecule has 0 radical (unpaired) electrons. The summed E-state index contributed by atoms with van der Waals surface area (Å²) in [4.78, 5) is 4.87. The zero-order valence-corrected chi connectivity index (χ0v) is 17.8. The highest BCUT2D eigenvalue weighted by atomic mass is 19.1. The largest absolute Gasteiger partial charge is 0.346 e. The molecule has 6 nitrogen and oxygen atoms in total. The maximum Gasteiger partial charge on any atom is 0.141 e. The van der Waals surface area contributed by atoms with Crippen molar-refractivity contribution in [1.82, 2.24) is 25.1 Å². The van der Waals surface area contributed by atoms with Crippen molar-refractivity contribution in [3.63, 3.8) is 0 Å².